The van der Waals surface area contributed by atoms with E-state index in [9.17, 15) is 4.79 Å². The summed E-state index contributed by atoms with van der Waals surface area (Å²) in [4.78, 5) is 16.7. The quantitative estimate of drug-likeness (QED) is 0.753. The van der Waals surface area contributed by atoms with E-state index in [1.807, 2.05) is 20.8 Å². The molecule has 2 fully saturated rings. The van der Waals surface area contributed by atoms with Crippen molar-refractivity contribution < 1.29 is 14.3 Å². The molecule has 0 aromatic carbocycles. The summed E-state index contributed by atoms with van der Waals surface area (Å²) in [6, 6.07) is 0.739. The molecule has 134 valence electrons. The van der Waals surface area contributed by atoms with Crippen LogP contribution < -0.4 is 11.1 Å². The van der Waals surface area contributed by atoms with Crippen LogP contribution in [0.2, 0.25) is 0 Å². The van der Waals surface area contributed by atoms with Gasteiger partial charge in [-0.1, -0.05) is 0 Å². The zero-order chi connectivity index (χ0) is 16.9. The first-order chi connectivity index (χ1) is 10.9. The molecule has 2 atom stereocenters. The highest BCUT2D eigenvalue weighted by Crippen LogP contribution is 2.18. The van der Waals surface area contributed by atoms with Crippen molar-refractivity contribution in [3.05, 3.63) is 0 Å². The van der Waals surface area contributed by atoms with E-state index < -0.39 is 5.60 Å². The van der Waals surface area contributed by atoms with Crippen LogP contribution in [0.1, 0.15) is 27.2 Å². The summed E-state index contributed by atoms with van der Waals surface area (Å²) < 4.78 is 10.7. The number of morpholine rings is 1. The number of carbonyl (C=O) groups is 1. The molecule has 2 unspecified atom stereocenters. The Morgan fingerprint density at radius 3 is 2.65 bits per heavy atom. The van der Waals surface area contributed by atoms with E-state index >= 15 is 0 Å². The minimum absolute atomic E-state index is 0.161. The predicted molar refractivity (Wildman–Crippen MR) is 89.4 cm³/mol. The first kappa shape index (κ1) is 18.4. The Labute approximate surface area is 139 Å². The van der Waals surface area contributed by atoms with Gasteiger partial charge in [-0.2, -0.15) is 0 Å². The number of hydrogen-bond donors (Lipinski definition) is 2. The fraction of sp³-hybridized carbons (Fsp3) is 0.938. The second kappa shape index (κ2) is 8.28. The molecule has 2 aliphatic rings. The Morgan fingerprint density at radius 1 is 1.35 bits per heavy atom. The summed E-state index contributed by atoms with van der Waals surface area (Å²) >= 11 is 0. The molecule has 0 radical (unpaired) electrons. The van der Waals surface area contributed by atoms with Crippen molar-refractivity contribution in [2.75, 3.05) is 52.5 Å². The summed E-state index contributed by atoms with van der Waals surface area (Å²) in [5.74, 6) is 0. The van der Waals surface area contributed by atoms with Crippen molar-refractivity contribution >= 4 is 6.09 Å². The van der Waals surface area contributed by atoms with E-state index in [4.69, 9.17) is 15.2 Å². The molecule has 2 saturated heterocycles. The number of ether oxygens (including phenoxy) is 2. The van der Waals surface area contributed by atoms with Crippen LogP contribution >= 0.6 is 0 Å². The van der Waals surface area contributed by atoms with E-state index in [0.29, 0.717) is 19.1 Å². The molecule has 1 amide bonds. The fourth-order valence-electron chi connectivity index (χ4n) is 3.22. The molecule has 7 heteroatoms. The van der Waals surface area contributed by atoms with Crippen LogP contribution in [0.4, 0.5) is 4.79 Å². The van der Waals surface area contributed by atoms with Gasteiger partial charge in [0.1, 0.15) is 5.60 Å². The zero-order valence-corrected chi connectivity index (χ0v) is 14.7. The normalized spacial score (nSPS) is 25.3. The minimum atomic E-state index is -0.475. The van der Waals surface area contributed by atoms with Crippen molar-refractivity contribution in [1.29, 1.82) is 0 Å². The third kappa shape index (κ3) is 5.91. The van der Waals surface area contributed by atoms with E-state index in [-0.39, 0.29) is 12.1 Å². The zero-order valence-electron chi connectivity index (χ0n) is 14.7. The monoisotopic (exact) mass is 328 g/mol. The third-order valence-electron chi connectivity index (χ3n) is 4.43. The van der Waals surface area contributed by atoms with Gasteiger partial charge in [0.05, 0.1) is 13.2 Å². The highest BCUT2D eigenvalue weighted by Gasteiger charge is 2.32. The van der Waals surface area contributed by atoms with Crippen molar-refractivity contribution in [2.45, 2.75) is 44.9 Å². The molecule has 3 N–H and O–H groups in total. The molecule has 0 spiro atoms. The number of rotatable bonds is 5. The highest BCUT2D eigenvalue weighted by atomic mass is 16.6. The van der Waals surface area contributed by atoms with Crippen LogP contribution in [0.15, 0.2) is 0 Å². The largest absolute Gasteiger partial charge is 0.444 e. The predicted octanol–water partition coefficient (Wildman–Crippen LogP) is 0.245. The van der Waals surface area contributed by atoms with E-state index in [1.165, 1.54) is 0 Å². The highest BCUT2D eigenvalue weighted by molar-refractivity contribution is 5.67. The standard InChI is InChI=1S/C16H32N4O3/c1-16(2,3)23-15(21)18-11-14(10-17)20-5-4-13(12-20)19-6-8-22-9-7-19/h13-14H,4-12,17H2,1-3H3,(H,18,21). The number of nitrogens with two attached hydrogens (primary N) is 1. The van der Waals surface area contributed by atoms with Crippen molar-refractivity contribution in [1.82, 2.24) is 15.1 Å². The number of alkyl carbamates (subject to hydrolysis) is 1. The summed E-state index contributed by atoms with van der Waals surface area (Å²) in [6.07, 6.45) is 0.781. The van der Waals surface area contributed by atoms with Gasteiger partial charge in [-0.3, -0.25) is 9.80 Å². The molecule has 0 saturated carbocycles. The van der Waals surface area contributed by atoms with Gasteiger partial charge in [0.15, 0.2) is 0 Å². The van der Waals surface area contributed by atoms with Gasteiger partial charge < -0.3 is 20.5 Å². The number of nitrogens with zero attached hydrogens (tertiary/aromatic N) is 2. The maximum atomic E-state index is 11.8. The molecule has 0 aromatic heterocycles. The molecule has 7 nitrogen and oxygen atoms in total. The Morgan fingerprint density at radius 2 is 2.04 bits per heavy atom. The van der Waals surface area contributed by atoms with Gasteiger partial charge >= 0.3 is 6.09 Å². The first-order valence-electron chi connectivity index (χ1n) is 8.62. The average Bonchev–Trinajstić information content (AvgIpc) is 2.97. The molecule has 0 aliphatic carbocycles. The lowest BCUT2D eigenvalue weighted by Crippen LogP contribution is -2.50. The van der Waals surface area contributed by atoms with E-state index in [2.05, 4.69) is 15.1 Å². The minimum Gasteiger partial charge on any atom is -0.444 e. The van der Waals surface area contributed by atoms with E-state index in [1.54, 1.807) is 0 Å². The van der Waals surface area contributed by atoms with Gasteiger partial charge in [-0.05, 0) is 27.2 Å². The molecule has 2 rings (SSSR count). The first-order valence-corrected chi connectivity index (χ1v) is 8.62. The SMILES string of the molecule is CC(C)(C)OC(=O)NCC(CN)N1CCC(N2CCOCC2)C1. The molecule has 23 heavy (non-hydrogen) atoms. The number of likely N-dealkylation sites (tertiary alicyclic amines) is 1. The second-order valence-corrected chi connectivity index (χ2v) is 7.36. The summed E-state index contributed by atoms with van der Waals surface area (Å²) in [6.45, 7) is 12.4. The lowest BCUT2D eigenvalue weighted by molar-refractivity contribution is 0.0175. The Hall–Kier alpha value is -0.890. The van der Waals surface area contributed by atoms with Crippen molar-refractivity contribution in [2.24, 2.45) is 5.73 Å². The third-order valence-corrected chi connectivity index (χ3v) is 4.43. The van der Waals surface area contributed by atoms with Gasteiger partial charge in [-0.25, -0.2) is 4.79 Å². The summed E-state index contributed by atoms with van der Waals surface area (Å²) in [5.41, 5.74) is 5.45. The Bertz CT molecular complexity index is 380. The van der Waals surface area contributed by atoms with Crippen LogP contribution in [-0.4, -0.2) is 86.1 Å². The number of carbonyl (C=O) groups excluding carboxylic acids is 1. The Kier molecular flexibility index (Phi) is 6.64. The number of nitrogens with one attached hydrogen (secondary N) is 1. The lowest BCUT2D eigenvalue weighted by atomic mass is 10.2. The topological polar surface area (TPSA) is 80.1 Å². The summed E-state index contributed by atoms with van der Waals surface area (Å²) in [5, 5.41) is 2.85. The Balaban J connectivity index is 1.76. The molecule has 2 aliphatic heterocycles. The molecular formula is C16H32N4O3. The fourth-order valence-corrected chi connectivity index (χ4v) is 3.22. The van der Waals surface area contributed by atoms with Gasteiger partial charge in [-0.15, -0.1) is 0 Å². The van der Waals surface area contributed by atoms with Gasteiger partial charge in [0.2, 0.25) is 0 Å². The van der Waals surface area contributed by atoms with Gasteiger partial charge in [0, 0.05) is 51.4 Å². The number of hydrogen-bond acceptors (Lipinski definition) is 6. The maximum Gasteiger partial charge on any atom is 0.407 e. The second-order valence-electron chi connectivity index (χ2n) is 7.36. The van der Waals surface area contributed by atoms with Crippen LogP contribution in [0.25, 0.3) is 0 Å². The average molecular weight is 328 g/mol. The van der Waals surface area contributed by atoms with Crippen molar-refractivity contribution in [3.63, 3.8) is 0 Å². The van der Waals surface area contributed by atoms with Crippen LogP contribution in [0, 0.1) is 0 Å². The summed E-state index contributed by atoms with van der Waals surface area (Å²) in [7, 11) is 0. The number of amides is 1. The van der Waals surface area contributed by atoms with E-state index in [0.717, 1.165) is 45.8 Å². The van der Waals surface area contributed by atoms with Crippen LogP contribution in [0.5, 0.6) is 0 Å². The molecule has 2 heterocycles. The smallest absolute Gasteiger partial charge is 0.407 e. The maximum absolute atomic E-state index is 11.8. The van der Waals surface area contributed by atoms with Crippen molar-refractivity contribution in [3.8, 4) is 0 Å². The lowest BCUT2D eigenvalue weighted by Gasteiger charge is -2.33. The molecule has 0 bridgehead atoms. The van der Waals surface area contributed by atoms with Crippen LogP contribution in [-0.2, 0) is 9.47 Å². The molecule has 0 aromatic rings. The van der Waals surface area contributed by atoms with Crippen LogP contribution in [0.3, 0.4) is 0 Å². The van der Waals surface area contributed by atoms with Gasteiger partial charge in [0.25, 0.3) is 0 Å². The molecular weight excluding hydrogens is 296 g/mol.